The van der Waals surface area contributed by atoms with Gasteiger partial charge in [0.05, 0.1) is 11.9 Å². The summed E-state index contributed by atoms with van der Waals surface area (Å²) in [4.78, 5) is 65.0. The van der Waals surface area contributed by atoms with Crippen molar-refractivity contribution in [2.24, 2.45) is 17.6 Å². The zero-order chi connectivity index (χ0) is 25.1. The molecule has 4 heterocycles. The van der Waals surface area contributed by atoms with Gasteiger partial charge in [-0.25, -0.2) is 4.68 Å². The van der Waals surface area contributed by atoms with Crippen LogP contribution in [0.25, 0.3) is 5.69 Å². The van der Waals surface area contributed by atoms with Crippen molar-refractivity contribution in [2.75, 3.05) is 6.54 Å². The number of hydrogen-bond acceptors (Lipinski definition) is 7. The third-order valence-corrected chi connectivity index (χ3v) is 7.93. The van der Waals surface area contributed by atoms with Crippen molar-refractivity contribution in [1.29, 1.82) is 0 Å². The number of piperidine rings is 1. The lowest BCUT2D eigenvalue weighted by atomic mass is 9.94. The van der Waals surface area contributed by atoms with Gasteiger partial charge in [0.1, 0.15) is 12.1 Å². The number of imide groups is 1. The van der Waals surface area contributed by atoms with Gasteiger partial charge in [-0.3, -0.25) is 29.3 Å². The van der Waals surface area contributed by atoms with Crippen LogP contribution < -0.4 is 11.1 Å². The first-order chi connectivity index (χ1) is 17.3. The highest BCUT2D eigenvalue weighted by atomic mass is 16.2. The lowest BCUT2D eigenvalue weighted by Gasteiger charge is -2.29. The van der Waals surface area contributed by atoms with Crippen LogP contribution in [-0.2, 0) is 20.9 Å². The van der Waals surface area contributed by atoms with Gasteiger partial charge in [-0.15, -0.1) is 5.10 Å². The van der Waals surface area contributed by atoms with Crippen LogP contribution in [0.2, 0.25) is 0 Å². The number of carbonyl (C=O) groups excluding carboxylic acids is 5. The Morgan fingerprint density at radius 1 is 1.11 bits per heavy atom. The second-order valence-corrected chi connectivity index (χ2v) is 9.95. The van der Waals surface area contributed by atoms with Gasteiger partial charge in [-0.05, 0) is 54.9 Å². The summed E-state index contributed by atoms with van der Waals surface area (Å²) in [6.07, 6.45) is 4.89. The second-order valence-electron chi connectivity index (χ2n) is 9.95. The Labute approximate surface area is 205 Å². The fourth-order valence-electron chi connectivity index (χ4n) is 6.22. The van der Waals surface area contributed by atoms with E-state index in [0.29, 0.717) is 23.4 Å². The zero-order valence-electron chi connectivity index (χ0n) is 19.4. The normalized spacial score (nSPS) is 27.3. The average Bonchev–Trinajstić information content (AvgIpc) is 3.62. The van der Waals surface area contributed by atoms with E-state index in [9.17, 15) is 24.0 Å². The van der Waals surface area contributed by atoms with Gasteiger partial charge in [0, 0.05) is 25.1 Å². The highest BCUT2D eigenvalue weighted by molar-refractivity contribution is 6.05. The molecule has 6 rings (SSSR count). The fraction of sp³-hybridized carbons (Fsp3) is 0.458. The van der Waals surface area contributed by atoms with Crippen LogP contribution in [0.1, 0.15) is 58.5 Å². The van der Waals surface area contributed by atoms with E-state index in [1.54, 1.807) is 18.2 Å². The summed E-state index contributed by atoms with van der Waals surface area (Å²) in [5, 5.41) is 10.4. The molecule has 1 unspecified atom stereocenters. The number of aromatic nitrogens is 3. The SMILES string of the molecule is NC(=O)[C@@H]1[C@H]2CCC[C@H]2CN1C(=O)c1cn(-c2ccc3c(c2)CN(C2CCC(=O)NC2=O)C3=O)nn1. The number of nitrogens with two attached hydrogens (primary N) is 1. The monoisotopic (exact) mass is 491 g/mol. The standard InChI is InChI=1S/C24H25N7O5/c25-21(33)20-15-3-1-2-12(15)9-30(20)24(36)17-11-31(28-27-17)14-4-5-16-13(8-14)10-29(23(16)35)18-6-7-19(32)26-22(18)34/h4-5,8,11-12,15,18,20H,1-3,6-7,9-10H2,(H2,25,33)(H,26,32,34)/t12-,15-,18?,20-/m0/s1. The lowest BCUT2D eigenvalue weighted by molar-refractivity contribution is -0.137. The number of fused-ring (bicyclic) bond motifs is 2. The van der Waals surface area contributed by atoms with Gasteiger partial charge in [0.15, 0.2) is 5.69 Å². The van der Waals surface area contributed by atoms with Gasteiger partial charge in [-0.2, -0.15) is 0 Å². The van der Waals surface area contributed by atoms with E-state index in [0.717, 1.165) is 19.3 Å². The van der Waals surface area contributed by atoms with Gasteiger partial charge >= 0.3 is 0 Å². The van der Waals surface area contributed by atoms with Gasteiger partial charge in [-0.1, -0.05) is 11.6 Å². The average molecular weight is 492 g/mol. The van der Waals surface area contributed by atoms with Gasteiger partial charge in [0.2, 0.25) is 17.7 Å². The van der Waals surface area contributed by atoms with Crippen molar-refractivity contribution in [3.8, 4) is 5.69 Å². The summed E-state index contributed by atoms with van der Waals surface area (Å²) in [7, 11) is 0. The molecule has 1 aromatic carbocycles. The molecular weight excluding hydrogens is 466 g/mol. The largest absolute Gasteiger partial charge is 0.368 e. The summed E-state index contributed by atoms with van der Waals surface area (Å²) >= 11 is 0. The summed E-state index contributed by atoms with van der Waals surface area (Å²) < 4.78 is 1.45. The van der Waals surface area contributed by atoms with Crippen LogP contribution >= 0.6 is 0 Å². The number of nitrogens with zero attached hydrogens (tertiary/aromatic N) is 5. The van der Waals surface area contributed by atoms with E-state index in [4.69, 9.17) is 5.73 Å². The molecule has 5 amide bonds. The van der Waals surface area contributed by atoms with E-state index < -0.39 is 23.9 Å². The number of amides is 5. The quantitative estimate of drug-likeness (QED) is 0.558. The van der Waals surface area contributed by atoms with Crippen molar-refractivity contribution in [3.05, 3.63) is 41.2 Å². The highest BCUT2D eigenvalue weighted by Gasteiger charge is 2.49. The lowest BCUT2D eigenvalue weighted by Crippen LogP contribution is -2.52. The van der Waals surface area contributed by atoms with Crippen LogP contribution in [0.5, 0.6) is 0 Å². The van der Waals surface area contributed by atoms with Gasteiger partial charge < -0.3 is 15.5 Å². The smallest absolute Gasteiger partial charge is 0.276 e. The van der Waals surface area contributed by atoms with E-state index in [1.807, 2.05) is 0 Å². The Kier molecular flexibility index (Phi) is 5.13. The van der Waals surface area contributed by atoms with Crippen molar-refractivity contribution in [2.45, 2.75) is 50.7 Å². The zero-order valence-corrected chi connectivity index (χ0v) is 19.4. The molecule has 12 heteroatoms. The van der Waals surface area contributed by atoms with Crippen molar-refractivity contribution in [1.82, 2.24) is 30.1 Å². The molecule has 2 saturated heterocycles. The molecule has 12 nitrogen and oxygen atoms in total. The number of rotatable bonds is 4. The minimum absolute atomic E-state index is 0.100. The second kappa shape index (κ2) is 8.25. The minimum Gasteiger partial charge on any atom is -0.368 e. The Bertz CT molecular complexity index is 1320. The maximum absolute atomic E-state index is 13.2. The number of likely N-dealkylation sites (tertiary alicyclic amines) is 1. The van der Waals surface area contributed by atoms with Crippen LogP contribution in [0, 0.1) is 11.8 Å². The Balaban J connectivity index is 1.21. The van der Waals surface area contributed by atoms with Crippen molar-refractivity contribution in [3.63, 3.8) is 0 Å². The Morgan fingerprint density at radius 3 is 2.72 bits per heavy atom. The molecule has 186 valence electrons. The first-order valence-corrected chi connectivity index (χ1v) is 12.1. The van der Waals surface area contributed by atoms with Crippen molar-refractivity contribution >= 4 is 29.5 Å². The first kappa shape index (κ1) is 22.4. The summed E-state index contributed by atoms with van der Waals surface area (Å²) in [5.41, 5.74) is 7.56. The molecule has 0 spiro atoms. The maximum Gasteiger partial charge on any atom is 0.276 e. The highest BCUT2D eigenvalue weighted by Crippen LogP contribution is 2.42. The van der Waals surface area contributed by atoms with Crippen LogP contribution in [-0.4, -0.2) is 73.0 Å². The molecule has 1 aliphatic carbocycles. The molecule has 1 saturated carbocycles. The predicted octanol–water partition coefficient (Wildman–Crippen LogP) is -0.246. The molecule has 4 aliphatic rings. The molecule has 4 atom stereocenters. The van der Waals surface area contributed by atoms with E-state index >= 15 is 0 Å². The molecule has 3 fully saturated rings. The molecule has 2 aromatic rings. The fourth-order valence-corrected chi connectivity index (χ4v) is 6.22. The van der Waals surface area contributed by atoms with Crippen LogP contribution in [0.3, 0.4) is 0 Å². The summed E-state index contributed by atoms with van der Waals surface area (Å²) in [6, 6.07) is 3.81. The molecule has 3 aliphatic heterocycles. The Morgan fingerprint density at radius 2 is 1.94 bits per heavy atom. The topological polar surface area (TPSA) is 161 Å². The summed E-state index contributed by atoms with van der Waals surface area (Å²) in [6.45, 7) is 0.715. The molecule has 1 aromatic heterocycles. The number of hydrogen-bond donors (Lipinski definition) is 2. The third kappa shape index (κ3) is 3.47. The molecular formula is C24H25N7O5. The maximum atomic E-state index is 13.2. The number of primary amides is 1. The van der Waals surface area contributed by atoms with Crippen LogP contribution in [0.15, 0.2) is 24.4 Å². The molecule has 3 N–H and O–H groups in total. The van der Waals surface area contributed by atoms with E-state index in [1.165, 1.54) is 20.7 Å². The number of carbonyl (C=O) groups is 5. The number of benzene rings is 1. The van der Waals surface area contributed by atoms with Crippen LogP contribution in [0.4, 0.5) is 0 Å². The minimum atomic E-state index is -0.695. The molecule has 0 radical (unpaired) electrons. The molecule has 0 bridgehead atoms. The third-order valence-electron chi connectivity index (χ3n) is 7.93. The predicted molar refractivity (Wildman–Crippen MR) is 122 cm³/mol. The number of nitrogens with one attached hydrogen (secondary N) is 1. The summed E-state index contributed by atoms with van der Waals surface area (Å²) in [5.74, 6) is -1.55. The van der Waals surface area contributed by atoms with E-state index in [2.05, 4.69) is 15.6 Å². The molecule has 36 heavy (non-hydrogen) atoms. The Hall–Kier alpha value is -4.09. The van der Waals surface area contributed by atoms with Gasteiger partial charge in [0.25, 0.3) is 11.8 Å². The first-order valence-electron chi connectivity index (χ1n) is 12.1. The van der Waals surface area contributed by atoms with Crippen molar-refractivity contribution < 1.29 is 24.0 Å². The van der Waals surface area contributed by atoms with E-state index in [-0.39, 0.29) is 54.6 Å².